The third kappa shape index (κ3) is 12.6. The van der Waals surface area contributed by atoms with Crippen LogP contribution in [0.25, 0.3) is 0 Å². The van der Waals surface area contributed by atoms with E-state index in [0.717, 1.165) is 6.42 Å². The van der Waals surface area contributed by atoms with Crippen LogP contribution < -0.4 is 21.9 Å². The standard InChI is InChI=1S/C21H38N4O6/c1-12(2)10-9-11-15(22)19(28)30-18(27)14(5)23-17(26)16(13(3)4)24-25-20(29)31-21(6,7)8/h11-14,16,24H,9-10,22H2,1-8H3,(H,23,26)(H,25,29)/t14-,16-/m0/s1. The highest BCUT2D eigenvalue weighted by molar-refractivity contribution is 5.98. The van der Waals surface area contributed by atoms with Crippen LogP contribution in [0.2, 0.25) is 0 Å². The van der Waals surface area contributed by atoms with Crippen molar-refractivity contribution in [1.82, 2.24) is 16.2 Å². The van der Waals surface area contributed by atoms with Gasteiger partial charge in [-0.05, 0) is 52.4 Å². The highest BCUT2D eigenvalue weighted by Crippen LogP contribution is 2.08. The number of hydrogen-bond donors (Lipinski definition) is 4. The highest BCUT2D eigenvalue weighted by Gasteiger charge is 2.28. The third-order valence-corrected chi connectivity index (χ3v) is 3.93. The SMILES string of the molecule is CC(C)CCC=C(N)C(=O)OC(=O)[C@H](C)NC(=O)[C@@H](NNC(=O)OC(C)(C)C)C(C)C. The number of carbonyl (C=O) groups excluding carboxylic acids is 4. The van der Waals surface area contributed by atoms with Gasteiger partial charge in [-0.15, -0.1) is 0 Å². The molecule has 0 aliphatic rings. The van der Waals surface area contributed by atoms with E-state index in [1.165, 1.54) is 13.0 Å². The third-order valence-electron chi connectivity index (χ3n) is 3.93. The Morgan fingerprint density at radius 1 is 1.03 bits per heavy atom. The second kappa shape index (κ2) is 12.9. The van der Waals surface area contributed by atoms with Gasteiger partial charge in [-0.25, -0.2) is 19.8 Å². The Labute approximate surface area is 184 Å². The van der Waals surface area contributed by atoms with Crippen molar-refractivity contribution in [2.45, 2.75) is 85.9 Å². The summed E-state index contributed by atoms with van der Waals surface area (Å²) in [5, 5.41) is 2.45. The van der Waals surface area contributed by atoms with Crippen molar-refractivity contribution in [3.63, 3.8) is 0 Å². The van der Waals surface area contributed by atoms with Gasteiger partial charge < -0.3 is 20.5 Å². The lowest BCUT2D eigenvalue weighted by Crippen LogP contribution is -2.57. The van der Waals surface area contributed by atoms with Gasteiger partial charge >= 0.3 is 18.0 Å². The molecule has 0 saturated carbocycles. The maximum Gasteiger partial charge on any atom is 0.422 e. The minimum atomic E-state index is -1.11. The average Bonchev–Trinajstić information content (AvgIpc) is 2.59. The second-order valence-corrected chi connectivity index (χ2v) is 9.06. The molecule has 5 N–H and O–H groups in total. The second-order valence-electron chi connectivity index (χ2n) is 9.06. The number of rotatable bonds is 10. The number of ether oxygens (including phenoxy) is 2. The molecule has 0 unspecified atom stereocenters. The van der Waals surface area contributed by atoms with Crippen LogP contribution >= 0.6 is 0 Å². The van der Waals surface area contributed by atoms with E-state index in [2.05, 4.69) is 16.2 Å². The molecule has 0 aromatic carbocycles. The Morgan fingerprint density at radius 3 is 2.10 bits per heavy atom. The smallest absolute Gasteiger partial charge is 0.422 e. The van der Waals surface area contributed by atoms with Crippen molar-refractivity contribution in [2.24, 2.45) is 17.6 Å². The quantitative estimate of drug-likeness (QED) is 0.173. The van der Waals surface area contributed by atoms with Crippen molar-refractivity contribution < 1.29 is 28.7 Å². The fourth-order valence-electron chi connectivity index (χ4n) is 2.23. The van der Waals surface area contributed by atoms with Crippen molar-refractivity contribution in [3.05, 3.63) is 11.8 Å². The van der Waals surface area contributed by atoms with Crippen LogP contribution in [-0.2, 0) is 23.9 Å². The summed E-state index contributed by atoms with van der Waals surface area (Å²) in [4.78, 5) is 48.4. The van der Waals surface area contributed by atoms with Crippen LogP contribution in [0, 0.1) is 11.8 Å². The summed E-state index contributed by atoms with van der Waals surface area (Å²) in [5.74, 6) is -2.26. The molecule has 0 radical (unpaired) electrons. The molecule has 0 saturated heterocycles. The van der Waals surface area contributed by atoms with E-state index in [1.807, 2.05) is 13.8 Å². The van der Waals surface area contributed by atoms with E-state index in [4.69, 9.17) is 15.2 Å². The summed E-state index contributed by atoms with van der Waals surface area (Å²) in [6.45, 7) is 14.1. The first kappa shape index (κ1) is 28.4. The van der Waals surface area contributed by atoms with E-state index in [1.54, 1.807) is 34.6 Å². The molecule has 0 aromatic rings. The number of nitrogens with two attached hydrogens (primary N) is 1. The zero-order valence-corrected chi connectivity index (χ0v) is 19.8. The molecule has 31 heavy (non-hydrogen) atoms. The molecule has 10 nitrogen and oxygen atoms in total. The monoisotopic (exact) mass is 442 g/mol. The van der Waals surface area contributed by atoms with Gasteiger partial charge in [-0.1, -0.05) is 33.8 Å². The van der Waals surface area contributed by atoms with Crippen LogP contribution in [0.4, 0.5) is 4.79 Å². The lowest BCUT2D eigenvalue weighted by atomic mass is 10.0. The molecule has 178 valence electrons. The molecule has 0 aliphatic carbocycles. The minimum absolute atomic E-state index is 0.157. The minimum Gasteiger partial charge on any atom is -0.443 e. The fourth-order valence-corrected chi connectivity index (χ4v) is 2.23. The number of allylic oxidation sites excluding steroid dienone is 1. The fraction of sp³-hybridized carbons (Fsp3) is 0.714. The summed E-state index contributed by atoms with van der Waals surface area (Å²) < 4.78 is 9.83. The van der Waals surface area contributed by atoms with Crippen LogP contribution in [0.1, 0.15) is 68.2 Å². The van der Waals surface area contributed by atoms with Gasteiger partial charge in [-0.3, -0.25) is 10.2 Å². The molecule has 0 aromatic heterocycles. The molecule has 0 bridgehead atoms. The summed E-state index contributed by atoms with van der Waals surface area (Å²) in [6, 6.07) is -1.97. The van der Waals surface area contributed by atoms with Gasteiger partial charge in [-0.2, -0.15) is 0 Å². The summed E-state index contributed by atoms with van der Waals surface area (Å²) in [7, 11) is 0. The Morgan fingerprint density at radius 2 is 1.61 bits per heavy atom. The molecular formula is C21H38N4O6. The van der Waals surface area contributed by atoms with Gasteiger partial charge in [0, 0.05) is 0 Å². The maximum absolute atomic E-state index is 12.5. The molecule has 10 heteroatoms. The number of hydrazine groups is 1. The molecule has 0 heterocycles. The van der Waals surface area contributed by atoms with Crippen molar-refractivity contribution >= 4 is 23.9 Å². The zero-order chi connectivity index (χ0) is 24.4. The topological polar surface area (TPSA) is 149 Å². The Hall–Kier alpha value is -2.62. The molecule has 2 amide bonds. The first-order chi connectivity index (χ1) is 14.1. The predicted octanol–water partition coefficient (Wildman–Crippen LogP) is 1.89. The van der Waals surface area contributed by atoms with Crippen LogP contribution in [0.3, 0.4) is 0 Å². The zero-order valence-electron chi connectivity index (χ0n) is 19.8. The molecule has 2 atom stereocenters. The first-order valence-electron chi connectivity index (χ1n) is 10.4. The molecule has 0 spiro atoms. The average molecular weight is 443 g/mol. The number of nitrogens with one attached hydrogen (secondary N) is 3. The summed E-state index contributed by atoms with van der Waals surface area (Å²) >= 11 is 0. The largest absolute Gasteiger partial charge is 0.443 e. The van der Waals surface area contributed by atoms with Gasteiger partial charge in [0.05, 0.1) is 0 Å². The van der Waals surface area contributed by atoms with Crippen molar-refractivity contribution in [3.8, 4) is 0 Å². The van der Waals surface area contributed by atoms with Crippen LogP contribution in [-0.4, -0.2) is 41.6 Å². The van der Waals surface area contributed by atoms with Gasteiger partial charge in [0.15, 0.2) is 0 Å². The Kier molecular flexibility index (Phi) is 11.8. The Bertz CT molecular complexity index is 667. The van der Waals surface area contributed by atoms with E-state index >= 15 is 0 Å². The molecule has 0 rings (SSSR count). The lowest BCUT2D eigenvalue weighted by molar-refractivity contribution is -0.159. The number of carbonyl (C=O) groups is 4. The normalized spacial score (nSPS) is 14.1. The van der Waals surface area contributed by atoms with E-state index in [0.29, 0.717) is 12.3 Å². The van der Waals surface area contributed by atoms with E-state index in [-0.39, 0.29) is 11.6 Å². The maximum atomic E-state index is 12.5. The van der Waals surface area contributed by atoms with Gasteiger partial charge in [0.1, 0.15) is 23.4 Å². The number of esters is 2. The lowest BCUT2D eigenvalue weighted by Gasteiger charge is -2.25. The molecular weight excluding hydrogens is 404 g/mol. The van der Waals surface area contributed by atoms with Gasteiger partial charge in [0.25, 0.3) is 0 Å². The van der Waals surface area contributed by atoms with E-state index in [9.17, 15) is 19.2 Å². The van der Waals surface area contributed by atoms with Crippen LogP contribution in [0.15, 0.2) is 11.8 Å². The summed E-state index contributed by atoms with van der Waals surface area (Å²) in [6.07, 6.45) is 2.20. The number of amides is 2. The Balaban J connectivity index is 4.77. The van der Waals surface area contributed by atoms with Crippen molar-refractivity contribution in [1.29, 1.82) is 0 Å². The summed E-state index contributed by atoms with van der Waals surface area (Å²) in [5.41, 5.74) is 9.69. The number of hydrogen-bond acceptors (Lipinski definition) is 8. The van der Waals surface area contributed by atoms with Crippen molar-refractivity contribution in [2.75, 3.05) is 0 Å². The molecule has 0 fully saturated rings. The van der Waals surface area contributed by atoms with E-state index < -0.39 is 41.6 Å². The molecule has 0 aliphatic heterocycles. The highest BCUT2D eigenvalue weighted by atomic mass is 16.6. The first-order valence-corrected chi connectivity index (χ1v) is 10.4. The van der Waals surface area contributed by atoms with Crippen LogP contribution in [0.5, 0.6) is 0 Å². The van der Waals surface area contributed by atoms with Gasteiger partial charge in [0.2, 0.25) is 5.91 Å². The predicted molar refractivity (Wildman–Crippen MR) is 116 cm³/mol.